The van der Waals surface area contributed by atoms with Crippen LogP contribution < -0.4 is 0 Å². The molecule has 0 radical (unpaired) electrons. The van der Waals surface area contributed by atoms with E-state index in [2.05, 4.69) is 17.0 Å². The lowest BCUT2D eigenvalue weighted by atomic mass is 9.89. The second-order valence-corrected chi connectivity index (χ2v) is 8.91. The van der Waals surface area contributed by atoms with Crippen molar-refractivity contribution in [1.82, 2.24) is 9.80 Å². The maximum absolute atomic E-state index is 12.9. The Kier molecular flexibility index (Phi) is 6.83. The van der Waals surface area contributed by atoms with Gasteiger partial charge in [-0.15, -0.1) is 0 Å². The third-order valence-electron chi connectivity index (χ3n) is 6.48. The maximum atomic E-state index is 12.9. The van der Waals surface area contributed by atoms with E-state index in [1.807, 2.05) is 47.4 Å². The summed E-state index contributed by atoms with van der Waals surface area (Å²) >= 11 is 0. The second kappa shape index (κ2) is 9.75. The fourth-order valence-electron chi connectivity index (χ4n) is 4.74. The lowest BCUT2D eigenvalue weighted by Crippen LogP contribution is -2.58. The molecule has 31 heavy (non-hydrogen) atoms. The van der Waals surface area contributed by atoms with Crippen molar-refractivity contribution in [2.75, 3.05) is 39.3 Å². The third-order valence-corrected chi connectivity index (χ3v) is 6.48. The summed E-state index contributed by atoms with van der Waals surface area (Å²) in [6, 6.07) is 17.9. The molecule has 2 heterocycles. The van der Waals surface area contributed by atoms with Crippen LogP contribution in [0, 0.1) is 0 Å². The van der Waals surface area contributed by atoms with Crippen LogP contribution in [0.1, 0.15) is 41.3 Å². The lowest BCUT2D eigenvalue weighted by Gasteiger charge is -2.47. The van der Waals surface area contributed by atoms with Crippen molar-refractivity contribution >= 4 is 11.7 Å². The van der Waals surface area contributed by atoms with Gasteiger partial charge in [0.15, 0.2) is 0 Å². The molecular formula is C26H32N2O3. The second-order valence-electron chi connectivity index (χ2n) is 8.91. The first-order valence-electron chi connectivity index (χ1n) is 11.3. The van der Waals surface area contributed by atoms with Gasteiger partial charge in [-0.1, -0.05) is 42.5 Å². The number of hydrogen-bond donors (Lipinski definition) is 0. The summed E-state index contributed by atoms with van der Waals surface area (Å²) < 4.78 is 6.23. The molecule has 164 valence electrons. The van der Waals surface area contributed by atoms with Crippen LogP contribution >= 0.6 is 0 Å². The minimum Gasteiger partial charge on any atom is -0.371 e. The molecule has 2 aliphatic rings. The molecule has 0 unspecified atom stereocenters. The monoisotopic (exact) mass is 420 g/mol. The van der Waals surface area contributed by atoms with Crippen LogP contribution in [-0.2, 0) is 22.4 Å². The van der Waals surface area contributed by atoms with Crippen LogP contribution in [0.15, 0.2) is 54.6 Å². The summed E-state index contributed by atoms with van der Waals surface area (Å²) in [7, 11) is 0. The molecule has 2 aromatic rings. The zero-order valence-corrected chi connectivity index (χ0v) is 18.4. The van der Waals surface area contributed by atoms with E-state index in [1.54, 1.807) is 6.92 Å². The summed E-state index contributed by atoms with van der Waals surface area (Å²) in [5.74, 6) is 0.307. The van der Waals surface area contributed by atoms with Crippen LogP contribution in [0.2, 0.25) is 0 Å². The van der Waals surface area contributed by atoms with Crippen LogP contribution in [-0.4, -0.2) is 66.4 Å². The number of nitrogens with zero attached hydrogens (tertiary/aromatic N) is 2. The highest BCUT2D eigenvalue weighted by molar-refractivity contribution is 5.94. The van der Waals surface area contributed by atoms with Gasteiger partial charge < -0.3 is 14.5 Å². The van der Waals surface area contributed by atoms with Gasteiger partial charge in [0.05, 0.1) is 18.8 Å². The van der Waals surface area contributed by atoms with Crippen LogP contribution in [0.4, 0.5) is 0 Å². The molecule has 2 saturated heterocycles. The minimum absolute atomic E-state index is 0.108. The summed E-state index contributed by atoms with van der Waals surface area (Å²) in [5.41, 5.74) is 2.93. The molecule has 5 nitrogen and oxygen atoms in total. The Morgan fingerprint density at radius 3 is 2.45 bits per heavy atom. The van der Waals surface area contributed by atoms with Crippen molar-refractivity contribution in [3.05, 3.63) is 71.3 Å². The standard InChI is InChI=1S/C26H32N2O3/c1-21(29)18-23-7-5-6-22(19-23)10-13-27-14-11-26(12-15-27)20-28(16-17-31-26)25(30)24-8-3-2-4-9-24/h2-9,19H,10-18,20H2,1H3. The van der Waals surface area contributed by atoms with Crippen LogP contribution in [0.3, 0.4) is 0 Å². The maximum Gasteiger partial charge on any atom is 0.254 e. The predicted octanol–water partition coefficient (Wildman–Crippen LogP) is 3.37. The molecule has 0 atom stereocenters. The van der Waals surface area contributed by atoms with Crippen molar-refractivity contribution in [2.24, 2.45) is 0 Å². The smallest absolute Gasteiger partial charge is 0.254 e. The van der Waals surface area contributed by atoms with E-state index < -0.39 is 0 Å². The fraction of sp³-hybridized carbons (Fsp3) is 0.462. The molecule has 0 aliphatic carbocycles. The number of likely N-dealkylation sites (tertiary alicyclic amines) is 1. The number of ether oxygens (including phenoxy) is 1. The van der Waals surface area contributed by atoms with Gasteiger partial charge in [0.25, 0.3) is 5.91 Å². The van der Waals surface area contributed by atoms with Gasteiger partial charge in [-0.3, -0.25) is 9.59 Å². The number of benzene rings is 2. The molecule has 1 spiro atoms. The molecule has 2 aromatic carbocycles. The summed E-state index contributed by atoms with van der Waals surface area (Å²) in [4.78, 5) is 28.7. The highest BCUT2D eigenvalue weighted by Crippen LogP contribution is 2.31. The molecule has 0 bridgehead atoms. The number of morpholine rings is 1. The van der Waals surface area contributed by atoms with Gasteiger partial charge in [-0.2, -0.15) is 0 Å². The van der Waals surface area contributed by atoms with Crippen LogP contribution in [0.5, 0.6) is 0 Å². The highest BCUT2D eigenvalue weighted by atomic mass is 16.5. The van der Waals surface area contributed by atoms with E-state index in [4.69, 9.17) is 4.74 Å². The van der Waals surface area contributed by atoms with E-state index >= 15 is 0 Å². The van der Waals surface area contributed by atoms with Crippen molar-refractivity contribution in [1.29, 1.82) is 0 Å². The molecule has 0 aromatic heterocycles. The highest BCUT2D eigenvalue weighted by Gasteiger charge is 2.40. The first-order chi connectivity index (χ1) is 15.0. The number of Topliss-reactive ketones (excluding diaryl/α,β-unsaturated/α-hetero) is 1. The largest absolute Gasteiger partial charge is 0.371 e. The Labute approximate surface area is 185 Å². The lowest BCUT2D eigenvalue weighted by molar-refractivity contribution is -0.127. The number of ketones is 1. The number of piperidine rings is 1. The Balaban J connectivity index is 1.29. The zero-order valence-electron chi connectivity index (χ0n) is 18.4. The average molecular weight is 421 g/mol. The normalized spacial score (nSPS) is 18.8. The molecule has 2 fully saturated rings. The van der Waals surface area contributed by atoms with Gasteiger partial charge in [0.1, 0.15) is 5.78 Å². The Morgan fingerprint density at radius 2 is 1.71 bits per heavy atom. The predicted molar refractivity (Wildman–Crippen MR) is 121 cm³/mol. The number of hydrogen-bond acceptors (Lipinski definition) is 4. The molecule has 4 rings (SSSR count). The van der Waals surface area contributed by atoms with E-state index in [9.17, 15) is 9.59 Å². The van der Waals surface area contributed by atoms with Crippen molar-refractivity contribution in [3.63, 3.8) is 0 Å². The molecular weight excluding hydrogens is 388 g/mol. The van der Waals surface area contributed by atoms with Gasteiger partial charge >= 0.3 is 0 Å². The Morgan fingerprint density at radius 1 is 0.968 bits per heavy atom. The molecule has 2 aliphatic heterocycles. The van der Waals surface area contributed by atoms with Gasteiger partial charge in [0.2, 0.25) is 0 Å². The number of carbonyl (C=O) groups excluding carboxylic acids is 2. The van der Waals surface area contributed by atoms with E-state index in [1.165, 1.54) is 5.56 Å². The molecule has 5 heteroatoms. The van der Waals surface area contributed by atoms with Gasteiger partial charge in [0, 0.05) is 38.2 Å². The first kappa shape index (κ1) is 21.7. The summed E-state index contributed by atoms with van der Waals surface area (Å²) in [6.07, 6.45) is 3.40. The van der Waals surface area contributed by atoms with Crippen molar-refractivity contribution < 1.29 is 14.3 Å². The number of amides is 1. The van der Waals surface area contributed by atoms with Crippen molar-refractivity contribution in [3.8, 4) is 0 Å². The van der Waals surface area contributed by atoms with Gasteiger partial charge in [-0.25, -0.2) is 0 Å². The SMILES string of the molecule is CC(=O)Cc1cccc(CCN2CCC3(CC2)CN(C(=O)c2ccccc2)CCO3)c1. The summed E-state index contributed by atoms with van der Waals surface area (Å²) in [6.45, 7) is 6.57. The minimum atomic E-state index is -0.208. The Bertz CT molecular complexity index is 904. The number of carbonyl (C=O) groups is 2. The summed E-state index contributed by atoms with van der Waals surface area (Å²) in [5, 5.41) is 0. The fourth-order valence-corrected chi connectivity index (χ4v) is 4.74. The number of rotatable bonds is 6. The first-order valence-corrected chi connectivity index (χ1v) is 11.3. The molecule has 0 N–H and O–H groups in total. The van der Waals surface area contributed by atoms with E-state index in [0.29, 0.717) is 26.1 Å². The van der Waals surface area contributed by atoms with E-state index in [0.717, 1.165) is 50.0 Å². The zero-order chi connectivity index (χ0) is 21.7. The van der Waals surface area contributed by atoms with Crippen LogP contribution in [0.25, 0.3) is 0 Å². The average Bonchev–Trinajstić information content (AvgIpc) is 2.79. The molecule has 1 amide bonds. The van der Waals surface area contributed by atoms with Gasteiger partial charge in [-0.05, 0) is 49.4 Å². The van der Waals surface area contributed by atoms with E-state index in [-0.39, 0.29) is 17.3 Å². The molecule has 0 saturated carbocycles. The Hall–Kier alpha value is -2.50. The third kappa shape index (κ3) is 5.60. The van der Waals surface area contributed by atoms with Crippen molar-refractivity contribution in [2.45, 2.75) is 38.2 Å². The quantitative estimate of drug-likeness (QED) is 0.719. The topological polar surface area (TPSA) is 49.9 Å².